The van der Waals surface area contributed by atoms with Crippen LogP contribution in [-0.4, -0.2) is 22.3 Å². The van der Waals surface area contributed by atoms with Gasteiger partial charge in [-0.3, -0.25) is 4.99 Å². The summed E-state index contributed by atoms with van der Waals surface area (Å²) >= 11 is 3.63. The van der Waals surface area contributed by atoms with Crippen LogP contribution in [0.5, 0.6) is 0 Å². The van der Waals surface area contributed by atoms with E-state index < -0.39 is 0 Å². The van der Waals surface area contributed by atoms with E-state index in [0.29, 0.717) is 6.54 Å². The summed E-state index contributed by atoms with van der Waals surface area (Å²) in [5, 5.41) is 6.13. The molecule has 0 saturated carbocycles. The number of hydrogen-bond donors (Lipinski definition) is 3. The molecular formula is C30H23BrN4. The van der Waals surface area contributed by atoms with E-state index in [1.807, 2.05) is 0 Å². The average Bonchev–Trinajstić information content (AvgIpc) is 3.52. The van der Waals surface area contributed by atoms with Crippen molar-refractivity contribution in [1.82, 2.24) is 15.3 Å². The molecule has 170 valence electrons. The molecule has 1 aliphatic heterocycles. The number of fused-ring (bicyclic) bond motifs is 3. The van der Waals surface area contributed by atoms with Crippen LogP contribution in [0.2, 0.25) is 0 Å². The Morgan fingerprint density at radius 3 is 2.51 bits per heavy atom. The van der Waals surface area contributed by atoms with Crippen molar-refractivity contribution in [1.29, 1.82) is 0 Å². The maximum atomic E-state index is 5.08. The predicted molar refractivity (Wildman–Crippen MR) is 148 cm³/mol. The zero-order chi connectivity index (χ0) is 23.4. The fourth-order valence-electron chi connectivity index (χ4n) is 5.41. The number of aliphatic imine (C=N–C) groups is 1. The monoisotopic (exact) mass is 518 g/mol. The molecule has 3 N–H and O–H groups in total. The summed E-state index contributed by atoms with van der Waals surface area (Å²) in [6.45, 7) is 0.623. The zero-order valence-electron chi connectivity index (χ0n) is 19.0. The molecule has 35 heavy (non-hydrogen) atoms. The number of para-hydroxylation sites is 1. The van der Waals surface area contributed by atoms with Crippen molar-refractivity contribution in [2.45, 2.75) is 12.8 Å². The van der Waals surface area contributed by atoms with Crippen LogP contribution in [0.3, 0.4) is 0 Å². The Hall–Kier alpha value is -3.83. The van der Waals surface area contributed by atoms with Gasteiger partial charge in [0.15, 0.2) is 0 Å². The van der Waals surface area contributed by atoms with Gasteiger partial charge < -0.3 is 15.3 Å². The summed E-state index contributed by atoms with van der Waals surface area (Å²) in [4.78, 5) is 12.0. The first-order chi connectivity index (χ1) is 17.3. The van der Waals surface area contributed by atoms with E-state index in [-0.39, 0.29) is 0 Å². The molecule has 1 aliphatic carbocycles. The molecule has 3 aromatic carbocycles. The number of nitrogens with one attached hydrogen (secondary N) is 3. The molecule has 0 fully saturated rings. The molecule has 5 heteroatoms. The molecule has 0 bridgehead atoms. The summed E-state index contributed by atoms with van der Waals surface area (Å²) in [7, 11) is 0. The molecule has 0 atom stereocenters. The topological polar surface area (TPSA) is 56.0 Å². The van der Waals surface area contributed by atoms with Gasteiger partial charge in [0, 0.05) is 55.4 Å². The number of benzene rings is 3. The third-order valence-electron chi connectivity index (χ3n) is 7.09. The smallest absolute Gasteiger partial charge is 0.135 e. The van der Waals surface area contributed by atoms with Gasteiger partial charge in [-0.1, -0.05) is 64.5 Å². The fraction of sp³-hybridized carbons (Fsp3) is 0.100. The third-order valence-corrected chi connectivity index (χ3v) is 7.59. The standard InChI is InChI=1S/C30H23BrN4/c31-19-12-13-28-23(14-19)26(17-33-28)30-34-16-24(21-10-5-7-18-6-1-2-8-20(18)21)29(35-30)25-15-32-27-11-4-3-9-22(25)27/h1-4,6,8-15,17,32-33H,5,7,16H2,(H,34,35). The van der Waals surface area contributed by atoms with E-state index in [2.05, 4.69) is 116 Å². The molecule has 0 amide bonds. The molecule has 2 aromatic heterocycles. The van der Waals surface area contributed by atoms with Crippen molar-refractivity contribution in [3.63, 3.8) is 0 Å². The van der Waals surface area contributed by atoms with E-state index in [1.54, 1.807) is 0 Å². The number of nitrogens with zero attached hydrogens (tertiary/aromatic N) is 1. The summed E-state index contributed by atoms with van der Waals surface area (Å²) in [6, 6.07) is 23.6. The highest BCUT2D eigenvalue weighted by atomic mass is 79.9. The lowest BCUT2D eigenvalue weighted by Crippen LogP contribution is -2.29. The van der Waals surface area contributed by atoms with Crippen molar-refractivity contribution < 1.29 is 0 Å². The number of allylic oxidation sites excluding steroid dienone is 1. The van der Waals surface area contributed by atoms with Crippen molar-refractivity contribution in [2.75, 3.05) is 6.54 Å². The molecule has 0 radical (unpaired) electrons. The highest BCUT2D eigenvalue weighted by Gasteiger charge is 2.26. The summed E-state index contributed by atoms with van der Waals surface area (Å²) in [5.74, 6) is 0.892. The Labute approximate surface area is 211 Å². The molecule has 4 nitrogen and oxygen atoms in total. The number of rotatable bonds is 3. The molecule has 3 heterocycles. The number of aromatic amines is 2. The van der Waals surface area contributed by atoms with Gasteiger partial charge in [0.05, 0.1) is 12.2 Å². The highest BCUT2D eigenvalue weighted by Crippen LogP contribution is 2.38. The number of aryl methyl sites for hydroxylation is 1. The van der Waals surface area contributed by atoms with Gasteiger partial charge in [0.2, 0.25) is 0 Å². The van der Waals surface area contributed by atoms with Crippen LogP contribution in [-0.2, 0) is 6.42 Å². The second kappa shape index (κ2) is 8.14. The summed E-state index contributed by atoms with van der Waals surface area (Å²) < 4.78 is 1.05. The third kappa shape index (κ3) is 3.38. The predicted octanol–water partition coefficient (Wildman–Crippen LogP) is 7.20. The number of aromatic nitrogens is 2. The molecular weight excluding hydrogens is 496 g/mol. The number of halogens is 1. The van der Waals surface area contributed by atoms with Crippen LogP contribution in [0.1, 0.15) is 28.7 Å². The largest absolute Gasteiger partial charge is 0.360 e. The van der Waals surface area contributed by atoms with Gasteiger partial charge in [-0.25, -0.2) is 0 Å². The Morgan fingerprint density at radius 2 is 1.57 bits per heavy atom. The van der Waals surface area contributed by atoms with Crippen LogP contribution in [0.25, 0.3) is 33.1 Å². The minimum absolute atomic E-state index is 0.623. The molecule has 7 rings (SSSR count). The van der Waals surface area contributed by atoms with Crippen molar-refractivity contribution in [3.8, 4) is 0 Å². The maximum absolute atomic E-state index is 5.08. The lowest BCUT2D eigenvalue weighted by molar-refractivity contribution is 0.969. The molecule has 0 saturated heterocycles. The van der Waals surface area contributed by atoms with E-state index >= 15 is 0 Å². The molecule has 2 aliphatic rings. The lowest BCUT2D eigenvalue weighted by atomic mass is 9.84. The average molecular weight is 519 g/mol. The van der Waals surface area contributed by atoms with E-state index in [0.717, 1.165) is 50.8 Å². The van der Waals surface area contributed by atoms with Gasteiger partial charge in [-0.2, -0.15) is 0 Å². The van der Waals surface area contributed by atoms with E-state index in [9.17, 15) is 0 Å². The Morgan fingerprint density at radius 1 is 0.771 bits per heavy atom. The van der Waals surface area contributed by atoms with Crippen molar-refractivity contribution >= 4 is 54.8 Å². The molecule has 0 unspecified atom stereocenters. The summed E-state index contributed by atoms with van der Waals surface area (Å²) in [6.07, 6.45) is 8.69. The van der Waals surface area contributed by atoms with Crippen molar-refractivity contribution in [3.05, 3.63) is 117 Å². The number of hydrogen-bond acceptors (Lipinski definition) is 2. The van der Waals surface area contributed by atoms with Crippen LogP contribution in [0.4, 0.5) is 0 Å². The van der Waals surface area contributed by atoms with Crippen LogP contribution < -0.4 is 5.32 Å². The minimum atomic E-state index is 0.623. The number of H-pyrrole nitrogens is 2. The second-order valence-corrected chi connectivity index (χ2v) is 10.0. The Bertz CT molecular complexity index is 1710. The van der Waals surface area contributed by atoms with Gasteiger partial charge in [-0.05, 0) is 53.8 Å². The van der Waals surface area contributed by atoms with Crippen LogP contribution in [0.15, 0.2) is 100 Å². The maximum Gasteiger partial charge on any atom is 0.135 e. The first-order valence-electron chi connectivity index (χ1n) is 11.9. The van der Waals surface area contributed by atoms with Gasteiger partial charge in [0.25, 0.3) is 0 Å². The zero-order valence-corrected chi connectivity index (χ0v) is 20.6. The first kappa shape index (κ1) is 20.5. The highest BCUT2D eigenvalue weighted by molar-refractivity contribution is 9.10. The second-order valence-electron chi connectivity index (χ2n) is 9.10. The quantitative estimate of drug-likeness (QED) is 0.232. The van der Waals surface area contributed by atoms with Crippen LogP contribution in [0, 0.1) is 0 Å². The summed E-state index contributed by atoms with van der Waals surface area (Å²) in [5.41, 5.74) is 10.9. The SMILES string of the molecule is Brc1ccc2[nH]cc(C3=NCC(C4=CCCc5ccccc54)=C(c4c[nH]c5ccccc45)N3)c2c1. The lowest BCUT2D eigenvalue weighted by Gasteiger charge is -2.27. The fourth-order valence-corrected chi connectivity index (χ4v) is 5.77. The molecule has 5 aromatic rings. The van der Waals surface area contributed by atoms with E-state index in [4.69, 9.17) is 4.99 Å². The minimum Gasteiger partial charge on any atom is -0.360 e. The molecule has 0 spiro atoms. The van der Waals surface area contributed by atoms with Gasteiger partial charge in [0.1, 0.15) is 5.84 Å². The first-order valence-corrected chi connectivity index (χ1v) is 12.7. The Balaban J connectivity index is 1.41. The normalized spacial score (nSPS) is 15.7. The van der Waals surface area contributed by atoms with Gasteiger partial charge >= 0.3 is 0 Å². The van der Waals surface area contributed by atoms with E-state index in [1.165, 1.54) is 33.2 Å². The van der Waals surface area contributed by atoms with Crippen LogP contribution >= 0.6 is 15.9 Å². The Kier molecular flexibility index (Phi) is 4.77. The number of amidine groups is 1. The van der Waals surface area contributed by atoms with Crippen molar-refractivity contribution in [2.24, 2.45) is 4.99 Å². The van der Waals surface area contributed by atoms with Gasteiger partial charge in [-0.15, -0.1) is 0 Å².